The molecule has 1 aromatic carbocycles. The fourth-order valence-electron chi connectivity index (χ4n) is 2.52. The Hall–Kier alpha value is -1.88. The molecule has 0 radical (unpaired) electrons. The number of benzene rings is 1. The van der Waals surface area contributed by atoms with Gasteiger partial charge in [0.25, 0.3) is 5.91 Å². The Morgan fingerprint density at radius 3 is 2.88 bits per heavy atom. The number of nitrogens with two attached hydrogens (primary N) is 1. The first kappa shape index (κ1) is 10.3. The van der Waals surface area contributed by atoms with Crippen molar-refractivity contribution in [1.29, 1.82) is 0 Å². The Morgan fingerprint density at radius 2 is 2.06 bits per heavy atom. The number of carbonyl (C=O) groups is 2. The Morgan fingerprint density at radius 1 is 1.29 bits per heavy atom. The van der Waals surface area contributed by atoms with E-state index in [0.29, 0.717) is 24.2 Å². The van der Waals surface area contributed by atoms with Crippen LogP contribution in [0.4, 0.5) is 5.69 Å². The van der Waals surface area contributed by atoms with Gasteiger partial charge >= 0.3 is 0 Å². The van der Waals surface area contributed by atoms with Crippen LogP contribution in [0.1, 0.15) is 16.8 Å². The fourth-order valence-corrected chi connectivity index (χ4v) is 2.52. The summed E-state index contributed by atoms with van der Waals surface area (Å²) in [5.41, 5.74) is 7.00. The summed E-state index contributed by atoms with van der Waals surface area (Å²) in [5, 5.41) is 2.77. The first-order chi connectivity index (χ1) is 8.18. The lowest BCUT2D eigenvalue weighted by atomic mass is 10.1. The molecule has 0 aliphatic carbocycles. The number of hydrogen-bond acceptors (Lipinski definition) is 3. The van der Waals surface area contributed by atoms with Gasteiger partial charge in [-0.1, -0.05) is 12.1 Å². The summed E-state index contributed by atoms with van der Waals surface area (Å²) in [6.07, 6.45) is 0.673. The summed E-state index contributed by atoms with van der Waals surface area (Å²) in [4.78, 5) is 25.9. The van der Waals surface area contributed by atoms with Crippen LogP contribution in [0.2, 0.25) is 0 Å². The van der Waals surface area contributed by atoms with E-state index >= 15 is 0 Å². The maximum Gasteiger partial charge on any atom is 0.256 e. The molecule has 2 amide bonds. The molecule has 0 saturated carbocycles. The minimum Gasteiger partial charge on any atom is -0.325 e. The van der Waals surface area contributed by atoms with Gasteiger partial charge in [0.2, 0.25) is 5.91 Å². The van der Waals surface area contributed by atoms with Crippen LogP contribution in [0.3, 0.4) is 0 Å². The number of nitrogens with one attached hydrogen (secondary N) is 1. The number of amides is 2. The van der Waals surface area contributed by atoms with Gasteiger partial charge in [-0.2, -0.15) is 0 Å². The van der Waals surface area contributed by atoms with Gasteiger partial charge in [0.15, 0.2) is 0 Å². The van der Waals surface area contributed by atoms with Gasteiger partial charge in [-0.25, -0.2) is 0 Å². The van der Waals surface area contributed by atoms with Crippen molar-refractivity contribution in [3.8, 4) is 0 Å². The van der Waals surface area contributed by atoms with Gasteiger partial charge in [-0.15, -0.1) is 0 Å². The lowest BCUT2D eigenvalue weighted by Crippen LogP contribution is -2.48. The predicted octanol–water partition coefficient (Wildman–Crippen LogP) is 0.180. The molecule has 0 bridgehead atoms. The zero-order valence-electron chi connectivity index (χ0n) is 9.22. The predicted molar refractivity (Wildman–Crippen MR) is 62.5 cm³/mol. The second-order valence-corrected chi connectivity index (χ2v) is 4.43. The largest absolute Gasteiger partial charge is 0.325 e. The number of fused-ring (bicyclic) bond motifs is 2. The number of rotatable bonds is 0. The lowest BCUT2D eigenvalue weighted by Gasteiger charge is -2.22. The van der Waals surface area contributed by atoms with Crippen molar-refractivity contribution < 1.29 is 9.59 Å². The molecule has 1 aromatic rings. The van der Waals surface area contributed by atoms with Crippen LogP contribution in [0, 0.1) is 0 Å². The van der Waals surface area contributed by atoms with Crippen molar-refractivity contribution >= 4 is 17.5 Å². The molecule has 2 atom stereocenters. The average Bonchev–Trinajstić information content (AvgIpc) is 2.66. The molecule has 1 fully saturated rings. The first-order valence-electron chi connectivity index (χ1n) is 5.65. The van der Waals surface area contributed by atoms with E-state index < -0.39 is 6.04 Å². The van der Waals surface area contributed by atoms with E-state index in [-0.39, 0.29) is 17.9 Å². The Kier molecular flexibility index (Phi) is 2.16. The van der Waals surface area contributed by atoms with Crippen LogP contribution in [-0.4, -0.2) is 35.3 Å². The fraction of sp³-hybridized carbons (Fsp3) is 0.333. The van der Waals surface area contributed by atoms with Crippen molar-refractivity contribution in [2.75, 3.05) is 11.9 Å². The van der Waals surface area contributed by atoms with Crippen molar-refractivity contribution in [2.45, 2.75) is 18.5 Å². The van der Waals surface area contributed by atoms with Crippen LogP contribution in [0.15, 0.2) is 24.3 Å². The third-order valence-electron chi connectivity index (χ3n) is 3.39. The average molecular weight is 231 g/mol. The van der Waals surface area contributed by atoms with E-state index in [1.165, 1.54) is 0 Å². The zero-order valence-corrected chi connectivity index (χ0v) is 9.22. The van der Waals surface area contributed by atoms with E-state index in [1.54, 1.807) is 29.2 Å². The summed E-state index contributed by atoms with van der Waals surface area (Å²) in [5.74, 6) is -0.301. The summed E-state index contributed by atoms with van der Waals surface area (Å²) >= 11 is 0. The molecule has 3 N–H and O–H groups in total. The zero-order chi connectivity index (χ0) is 12.0. The SMILES string of the molecule is N[C@H]1CCN2C(=O)c3ccccc3NC(=O)[C@H]12. The third kappa shape index (κ3) is 1.43. The number of anilines is 1. The van der Waals surface area contributed by atoms with Crippen LogP contribution < -0.4 is 11.1 Å². The van der Waals surface area contributed by atoms with Gasteiger partial charge in [0.05, 0.1) is 11.3 Å². The number of para-hydroxylation sites is 1. The molecule has 3 rings (SSSR count). The van der Waals surface area contributed by atoms with E-state index in [4.69, 9.17) is 5.73 Å². The van der Waals surface area contributed by atoms with E-state index in [0.717, 1.165) is 0 Å². The summed E-state index contributed by atoms with van der Waals surface area (Å²) in [7, 11) is 0. The third-order valence-corrected chi connectivity index (χ3v) is 3.39. The topological polar surface area (TPSA) is 75.4 Å². The molecule has 2 heterocycles. The van der Waals surface area contributed by atoms with Gasteiger partial charge in [0, 0.05) is 12.6 Å². The minimum absolute atomic E-state index is 0.114. The Balaban J connectivity index is 2.10. The van der Waals surface area contributed by atoms with Gasteiger partial charge in [-0.3, -0.25) is 9.59 Å². The number of hydrogen-bond donors (Lipinski definition) is 2. The molecular formula is C12H13N3O2. The molecule has 17 heavy (non-hydrogen) atoms. The van der Waals surface area contributed by atoms with Crippen LogP contribution in [0.5, 0.6) is 0 Å². The molecule has 2 aliphatic heterocycles. The molecule has 0 spiro atoms. The summed E-state index contributed by atoms with van der Waals surface area (Å²) < 4.78 is 0. The van der Waals surface area contributed by atoms with E-state index in [2.05, 4.69) is 5.32 Å². The van der Waals surface area contributed by atoms with Crippen LogP contribution in [-0.2, 0) is 4.79 Å². The normalized spacial score (nSPS) is 27.2. The number of nitrogens with zero attached hydrogens (tertiary/aromatic N) is 1. The highest BCUT2D eigenvalue weighted by Gasteiger charge is 2.42. The Bertz CT molecular complexity index is 500. The molecule has 2 aliphatic rings. The van der Waals surface area contributed by atoms with Crippen molar-refractivity contribution in [3.05, 3.63) is 29.8 Å². The highest BCUT2D eigenvalue weighted by Crippen LogP contribution is 2.27. The second kappa shape index (κ2) is 3.56. The molecule has 1 saturated heterocycles. The smallest absolute Gasteiger partial charge is 0.256 e. The van der Waals surface area contributed by atoms with Gasteiger partial charge in [0.1, 0.15) is 6.04 Å². The van der Waals surface area contributed by atoms with Crippen LogP contribution in [0.25, 0.3) is 0 Å². The molecule has 88 valence electrons. The highest BCUT2D eigenvalue weighted by atomic mass is 16.2. The second-order valence-electron chi connectivity index (χ2n) is 4.43. The molecule has 0 unspecified atom stereocenters. The maximum atomic E-state index is 12.3. The highest BCUT2D eigenvalue weighted by molar-refractivity contribution is 6.10. The lowest BCUT2D eigenvalue weighted by molar-refractivity contribution is -0.119. The van der Waals surface area contributed by atoms with E-state index in [1.807, 2.05) is 0 Å². The molecular weight excluding hydrogens is 218 g/mol. The first-order valence-corrected chi connectivity index (χ1v) is 5.65. The van der Waals surface area contributed by atoms with Crippen molar-refractivity contribution in [2.24, 2.45) is 5.73 Å². The quantitative estimate of drug-likeness (QED) is 0.668. The maximum absolute atomic E-state index is 12.3. The summed E-state index contributed by atoms with van der Waals surface area (Å²) in [6.45, 7) is 0.548. The molecule has 0 aromatic heterocycles. The van der Waals surface area contributed by atoms with Crippen LogP contribution >= 0.6 is 0 Å². The summed E-state index contributed by atoms with van der Waals surface area (Å²) in [6, 6.07) is 6.24. The van der Waals surface area contributed by atoms with Crippen molar-refractivity contribution in [3.63, 3.8) is 0 Å². The standard InChI is InChI=1S/C12H13N3O2/c13-8-5-6-15-10(8)11(16)14-9-4-2-1-3-7(9)12(15)17/h1-4,8,10H,5-6,13H2,(H,14,16)/t8-,10-/m0/s1. The Labute approximate surface area is 98.6 Å². The molecule has 5 heteroatoms. The van der Waals surface area contributed by atoms with Crippen molar-refractivity contribution in [1.82, 2.24) is 4.90 Å². The minimum atomic E-state index is -0.533. The molecule has 5 nitrogen and oxygen atoms in total. The monoisotopic (exact) mass is 231 g/mol. The van der Waals surface area contributed by atoms with E-state index in [9.17, 15) is 9.59 Å². The van der Waals surface area contributed by atoms with Gasteiger partial charge < -0.3 is 16.0 Å². The number of carbonyl (C=O) groups excluding carboxylic acids is 2. The van der Waals surface area contributed by atoms with Gasteiger partial charge in [-0.05, 0) is 18.6 Å².